The van der Waals surface area contributed by atoms with Crippen molar-refractivity contribution in [3.8, 4) is 11.5 Å². The van der Waals surface area contributed by atoms with E-state index < -0.39 is 16.9 Å². The van der Waals surface area contributed by atoms with Gasteiger partial charge in [-0.3, -0.25) is 14.9 Å². The van der Waals surface area contributed by atoms with Crippen LogP contribution in [-0.4, -0.2) is 25.1 Å². The Morgan fingerprint density at radius 2 is 1.43 bits per heavy atom. The lowest BCUT2D eigenvalue weighted by molar-refractivity contribution is -0.385. The average molecular weight is 471 g/mol. The second-order valence-corrected chi connectivity index (χ2v) is 7.23. The van der Waals surface area contributed by atoms with Gasteiger partial charge in [0, 0.05) is 11.6 Å². The molecule has 0 saturated heterocycles. The number of nitro groups is 1. The second-order valence-electron chi connectivity index (χ2n) is 6.38. The lowest BCUT2D eigenvalue weighted by Crippen LogP contribution is -2.29. The van der Waals surface area contributed by atoms with Crippen LogP contribution in [0.3, 0.4) is 0 Å². The third-order valence-corrected chi connectivity index (χ3v) is 5.25. The van der Waals surface area contributed by atoms with Gasteiger partial charge in [-0.05, 0) is 63.5 Å². The van der Waals surface area contributed by atoms with Gasteiger partial charge in [0.15, 0.2) is 0 Å². The Kier molecular flexibility index (Phi) is 6.68. The van der Waals surface area contributed by atoms with E-state index in [1.54, 1.807) is 14.2 Å². The molecule has 0 bridgehead atoms. The van der Waals surface area contributed by atoms with Crippen molar-refractivity contribution in [1.82, 2.24) is 5.32 Å². The molecule has 1 amide bonds. The predicted molar refractivity (Wildman–Crippen MR) is 116 cm³/mol. The lowest BCUT2D eigenvalue weighted by Gasteiger charge is -2.20. The maximum atomic E-state index is 12.9. The number of nitrogens with zero attached hydrogens (tertiary/aromatic N) is 1. The molecule has 7 nitrogen and oxygen atoms in total. The first kappa shape index (κ1) is 21.3. The fourth-order valence-corrected chi connectivity index (χ4v) is 3.35. The predicted octanol–water partition coefficient (Wildman–Crippen LogP) is 4.89. The highest BCUT2D eigenvalue weighted by Crippen LogP contribution is 2.28. The first-order valence-electron chi connectivity index (χ1n) is 8.95. The van der Waals surface area contributed by atoms with E-state index in [2.05, 4.69) is 21.2 Å². The summed E-state index contributed by atoms with van der Waals surface area (Å²) in [7, 11) is 3.16. The molecule has 3 rings (SSSR count). The van der Waals surface area contributed by atoms with E-state index in [1.165, 1.54) is 18.2 Å². The molecule has 0 spiro atoms. The number of nitro benzene ring substituents is 1. The summed E-state index contributed by atoms with van der Waals surface area (Å²) in [5.74, 6) is 0.964. The van der Waals surface area contributed by atoms with E-state index in [9.17, 15) is 14.9 Å². The van der Waals surface area contributed by atoms with Crippen LogP contribution in [0.25, 0.3) is 0 Å². The summed E-state index contributed by atoms with van der Waals surface area (Å²) in [6, 6.07) is 18.5. The highest BCUT2D eigenvalue weighted by Gasteiger charge is 2.21. The van der Waals surface area contributed by atoms with Gasteiger partial charge >= 0.3 is 0 Å². The minimum absolute atomic E-state index is 0.173. The monoisotopic (exact) mass is 470 g/mol. The standard InChI is InChI=1S/C22H19BrN2O5/c1-29-17-8-3-14(4-9-17)21(15-5-10-18(30-2)11-6-15)24-22(26)16-7-12-19(23)20(13-16)25(27)28/h3-13,21H,1-2H3,(H,24,26). The normalized spacial score (nSPS) is 10.5. The summed E-state index contributed by atoms with van der Waals surface area (Å²) in [6.45, 7) is 0. The number of benzene rings is 3. The number of hydrogen-bond donors (Lipinski definition) is 1. The third-order valence-electron chi connectivity index (χ3n) is 4.58. The fraction of sp³-hybridized carbons (Fsp3) is 0.136. The van der Waals surface area contributed by atoms with Crippen LogP contribution in [-0.2, 0) is 0 Å². The van der Waals surface area contributed by atoms with Gasteiger partial charge in [-0.1, -0.05) is 24.3 Å². The van der Waals surface area contributed by atoms with Gasteiger partial charge < -0.3 is 14.8 Å². The summed E-state index contributed by atoms with van der Waals surface area (Å²) < 4.78 is 10.7. The summed E-state index contributed by atoms with van der Waals surface area (Å²) >= 11 is 3.13. The Hall–Kier alpha value is -3.39. The Bertz CT molecular complexity index is 1000. The molecule has 30 heavy (non-hydrogen) atoms. The van der Waals surface area contributed by atoms with Crippen molar-refractivity contribution in [3.63, 3.8) is 0 Å². The van der Waals surface area contributed by atoms with Crippen LogP contribution >= 0.6 is 15.9 Å². The van der Waals surface area contributed by atoms with Gasteiger partial charge in [0.05, 0.1) is 29.7 Å². The number of hydrogen-bond acceptors (Lipinski definition) is 5. The molecule has 0 aliphatic carbocycles. The van der Waals surface area contributed by atoms with Gasteiger partial charge in [0.1, 0.15) is 11.5 Å². The molecule has 0 aliphatic heterocycles. The minimum atomic E-state index is -0.536. The van der Waals surface area contributed by atoms with E-state index in [-0.39, 0.29) is 11.3 Å². The number of halogens is 1. The van der Waals surface area contributed by atoms with Crippen LogP contribution in [0.4, 0.5) is 5.69 Å². The SMILES string of the molecule is COc1ccc(C(NC(=O)c2ccc(Br)c([N+](=O)[O-])c2)c2ccc(OC)cc2)cc1. The highest BCUT2D eigenvalue weighted by atomic mass is 79.9. The smallest absolute Gasteiger partial charge is 0.284 e. The average Bonchev–Trinajstić information content (AvgIpc) is 2.77. The van der Waals surface area contributed by atoms with Crippen molar-refractivity contribution in [2.75, 3.05) is 14.2 Å². The molecule has 0 saturated carbocycles. The van der Waals surface area contributed by atoms with Crippen LogP contribution in [0.5, 0.6) is 11.5 Å². The van der Waals surface area contributed by atoms with Crippen LogP contribution in [0, 0.1) is 10.1 Å². The van der Waals surface area contributed by atoms with Gasteiger partial charge in [-0.2, -0.15) is 0 Å². The maximum absolute atomic E-state index is 12.9. The summed E-state index contributed by atoms with van der Waals surface area (Å²) in [4.78, 5) is 23.6. The number of carbonyl (C=O) groups excluding carboxylic acids is 1. The van der Waals surface area contributed by atoms with E-state index >= 15 is 0 Å². The number of nitrogens with one attached hydrogen (secondary N) is 1. The molecule has 3 aromatic rings. The van der Waals surface area contributed by atoms with E-state index in [0.29, 0.717) is 16.0 Å². The van der Waals surface area contributed by atoms with Crippen molar-refractivity contribution < 1.29 is 19.2 Å². The molecule has 1 N–H and O–H groups in total. The Morgan fingerprint density at radius 3 is 1.87 bits per heavy atom. The van der Waals surface area contributed by atoms with Crippen LogP contribution in [0.15, 0.2) is 71.2 Å². The summed E-state index contributed by atoms with van der Waals surface area (Å²) in [6.07, 6.45) is 0. The topological polar surface area (TPSA) is 90.7 Å². The first-order valence-corrected chi connectivity index (χ1v) is 9.75. The molecule has 3 aromatic carbocycles. The van der Waals surface area contributed by atoms with Crippen molar-refractivity contribution in [2.24, 2.45) is 0 Å². The van der Waals surface area contributed by atoms with Gasteiger partial charge in [0.2, 0.25) is 0 Å². The molecule has 0 heterocycles. The molecular formula is C22H19BrN2O5. The lowest BCUT2D eigenvalue weighted by atomic mass is 9.98. The third kappa shape index (κ3) is 4.77. The van der Waals surface area contributed by atoms with Crippen molar-refractivity contribution in [3.05, 3.63) is 98.0 Å². The van der Waals surface area contributed by atoms with Crippen LogP contribution in [0.2, 0.25) is 0 Å². The fourth-order valence-electron chi connectivity index (χ4n) is 2.96. The van der Waals surface area contributed by atoms with E-state index in [0.717, 1.165) is 11.1 Å². The Morgan fingerprint density at radius 1 is 0.933 bits per heavy atom. The zero-order chi connectivity index (χ0) is 21.7. The second kappa shape index (κ2) is 9.41. The number of carbonyl (C=O) groups is 1. The highest BCUT2D eigenvalue weighted by molar-refractivity contribution is 9.10. The molecule has 0 fully saturated rings. The summed E-state index contributed by atoms with van der Waals surface area (Å²) in [5.41, 5.74) is 1.69. The van der Waals surface area contributed by atoms with Crippen molar-refractivity contribution in [1.29, 1.82) is 0 Å². The Labute approximate surface area is 181 Å². The zero-order valence-electron chi connectivity index (χ0n) is 16.3. The molecule has 0 atom stereocenters. The molecule has 154 valence electrons. The van der Waals surface area contributed by atoms with Gasteiger partial charge in [0.25, 0.3) is 11.6 Å². The van der Waals surface area contributed by atoms with Crippen LogP contribution < -0.4 is 14.8 Å². The number of amides is 1. The number of ether oxygens (including phenoxy) is 2. The van der Waals surface area contributed by atoms with Crippen LogP contribution in [0.1, 0.15) is 27.5 Å². The number of rotatable bonds is 7. The molecular weight excluding hydrogens is 452 g/mol. The molecule has 0 aliphatic rings. The molecule has 0 radical (unpaired) electrons. The Balaban J connectivity index is 1.96. The largest absolute Gasteiger partial charge is 0.497 e. The van der Waals surface area contributed by atoms with Crippen molar-refractivity contribution >= 4 is 27.5 Å². The maximum Gasteiger partial charge on any atom is 0.284 e. The minimum Gasteiger partial charge on any atom is -0.497 e. The van der Waals surface area contributed by atoms with Crippen molar-refractivity contribution in [2.45, 2.75) is 6.04 Å². The number of methoxy groups -OCH3 is 2. The molecule has 8 heteroatoms. The summed E-state index contributed by atoms with van der Waals surface area (Å²) in [5, 5.41) is 14.2. The van der Waals surface area contributed by atoms with E-state index in [1.807, 2.05) is 48.5 Å². The first-order chi connectivity index (χ1) is 14.4. The molecule has 0 aromatic heterocycles. The molecule has 0 unspecified atom stereocenters. The van der Waals surface area contributed by atoms with E-state index in [4.69, 9.17) is 9.47 Å². The zero-order valence-corrected chi connectivity index (χ0v) is 17.9. The van der Waals surface area contributed by atoms with Gasteiger partial charge in [-0.25, -0.2) is 0 Å². The van der Waals surface area contributed by atoms with Gasteiger partial charge in [-0.15, -0.1) is 0 Å². The quantitative estimate of drug-likeness (QED) is 0.391.